The van der Waals surface area contributed by atoms with Gasteiger partial charge in [0.15, 0.2) is 0 Å². The Kier molecular flexibility index (Phi) is 6.13. The predicted octanol–water partition coefficient (Wildman–Crippen LogP) is 1.82. The fraction of sp³-hybridized carbons (Fsp3) is 0.727. The van der Waals surface area contributed by atoms with Gasteiger partial charge >= 0.3 is 0 Å². The molecule has 0 N–H and O–H groups in total. The number of hydrogen-bond donors (Lipinski definition) is 0. The highest BCUT2D eigenvalue weighted by atomic mass is 16.2. The predicted molar refractivity (Wildman–Crippen MR) is 110 cm³/mol. The number of hydrogen-bond acceptors (Lipinski definition) is 5. The number of fused-ring (bicyclic) bond motifs is 1. The minimum absolute atomic E-state index is 0.130. The molecule has 2 atom stereocenters. The molecule has 7 nitrogen and oxygen atoms in total. The second-order valence-corrected chi connectivity index (χ2v) is 9.05. The van der Waals surface area contributed by atoms with Gasteiger partial charge in [-0.2, -0.15) is 0 Å². The van der Waals surface area contributed by atoms with Crippen LogP contribution in [0.5, 0.6) is 0 Å². The SMILES string of the molecule is CC(=O)N1CCC[C@H](c2ncc3c(n2)CCN(C(=O)CN2CCC[C@H](C)C2)C3)C1. The molecule has 3 aliphatic rings. The number of carbonyl (C=O) groups excluding carboxylic acids is 2. The number of amides is 2. The summed E-state index contributed by atoms with van der Waals surface area (Å²) in [5.41, 5.74) is 2.14. The molecule has 4 rings (SSSR count). The van der Waals surface area contributed by atoms with E-state index in [1.807, 2.05) is 16.0 Å². The van der Waals surface area contributed by atoms with Crippen molar-refractivity contribution in [3.63, 3.8) is 0 Å². The van der Waals surface area contributed by atoms with Gasteiger partial charge in [-0.3, -0.25) is 14.5 Å². The standard InChI is InChI=1S/C22H33N5O2/c1-16-5-3-8-25(12-16)15-21(29)27-10-7-20-19(14-27)11-23-22(24-20)18-6-4-9-26(13-18)17(2)28/h11,16,18H,3-10,12-15H2,1-2H3/t16-,18-/m0/s1. The molecule has 3 aliphatic heterocycles. The summed E-state index contributed by atoms with van der Waals surface area (Å²) in [6.07, 6.45) is 7.19. The Balaban J connectivity index is 1.38. The maximum absolute atomic E-state index is 12.8. The lowest BCUT2D eigenvalue weighted by molar-refractivity contribution is -0.133. The highest BCUT2D eigenvalue weighted by Crippen LogP contribution is 2.26. The molecule has 0 saturated carbocycles. The second kappa shape index (κ2) is 8.78. The molecule has 29 heavy (non-hydrogen) atoms. The number of aromatic nitrogens is 2. The van der Waals surface area contributed by atoms with Gasteiger partial charge in [0.1, 0.15) is 5.82 Å². The van der Waals surface area contributed by atoms with Crippen LogP contribution in [0.2, 0.25) is 0 Å². The van der Waals surface area contributed by atoms with Crippen LogP contribution in [-0.4, -0.2) is 75.8 Å². The molecule has 0 aliphatic carbocycles. The largest absolute Gasteiger partial charge is 0.342 e. The monoisotopic (exact) mass is 399 g/mol. The number of likely N-dealkylation sites (tertiary alicyclic amines) is 2. The highest BCUT2D eigenvalue weighted by Gasteiger charge is 2.28. The molecule has 4 heterocycles. The molecular formula is C22H33N5O2. The molecule has 0 radical (unpaired) electrons. The molecule has 1 aromatic rings. The van der Waals surface area contributed by atoms with Gasteiger partial charge in [-0.15, -0.1) is 0 Å². The lowest BCUT2D eigenvalue weighted by atomic mass is 9.96. The van der Waals surface area contributed by atoms with Crippen LogP contribution < -0.4 is 0 Å². The zero-order valence-electron chi connectivity index (χ0n) is 17.8. The minimum atomic E-state index is 0.130. The summed E-state index contributed by atoms with van der Waals surface area (Å²) in [5, 5.41) is 0. The molecule has 2 amide bonds. The Morgan fingerprint density at radius 1 is 1.10 bits per heavy atom. The fourth-order valence-corrected chi connectivity index (χ4v) is 4.94. The highest BCUT2D eigenvalue weighted by molar-refractivity contribution is 5.78. The molecule has 2 saturated heterocycles. The van der Waals surface area contributed by atoms with Gasteiger partial charge in [0.05, 0.1) is 12.2 Å². The van der Waals surface area contributed by atoms with Crippen LogP contribution in [0, 0.1) is 5.92 Å². The van der Waals surface area contributed by atoms with E-state index in [1.165, 1.54) is 12.8 Å². The van der Waals surface area contributed by atoms with Gasteiger partial charge in [-0.1, -0.05) is 6.92 Å². The van der Waals surface area contributed by atoms with Gasteiger partial charge in [-0.25, -0.2) is 9.97 Å². The maximum atomic E-state index is 12.8. The smallest absolute Gasteiger partial charge is 0.237 e. The van der Waals surface area contributed by atoms with Gasteiger partial charge in [0, 0.05) is 63.7 Å². The fourth-order valence-electron chi connectivity index (χ4n) is 4.94. The Hall–Kier alpha value is -2.02. The summed E-state index contributed by atoms with van der Waals surface area (Å²) in [7, 11) is 0. The Morgan fingerprint density at radius 2 is 1.93 bits per heavy atom. The van der Waals surface area contributed by atoms with Crippen LogP contribution >= 0.6 is 0 Å². The topological polar surface area (TPSA) is 69.6 Å². The van der Waals surface area contributed by atoms with Crippen molar-refractivity contribution < 1.29 is 9.59 Å². The van der Waals surface area contributed by atoms with E-state index in [1.54, 1.807) is 6.92 Å². The van der Waals surface area contributed by atoms with E-state index in [4.69, 9.17) is 4.98 Å². The Labute approximate surface area is 173 Å². The van der Waals surface area contributed by atoms with Crippen LogP contribution in [0.25, 0.3) is 0 Å². The van der Waals surface area contributed by atoms with Gasteiger partial charge in [-0.05, 0) is 38.1 Å². The van der Waals surface area contributed by atoms with E-state index in [0.717, 1.165) is 62.5 Å². The molecule has 0 unspecified atom stereocenters. The molecule has 158 valence electrons. The van der Waals surface area contributed by atoms with Gasteiger partial charge in [0.2, 0.25) is 11.8 Å². The van der Waals surface area contributed by atoms with Crippen LogP contribution in [0.1, 0.15) is 62.5 Å². The number of piperidine rings is 2. The first-order valence-corrected chi connectivity index (χ1v) is 11.1. The number of nitrogens with zero attached hydrogens (tertiary/aromatic N) is 5. The van der Waals surface area contributed by atoms with Crippen molar-refractivity contribution in [3.8, 4) is 0 Å². The third-order valence-electron chi connectivity index (χ3n) is 6.64. The average molecular weight is 400 g/mol. The van der Waals surface area contributed by atoms with E-state index in [2.05, 4.69) is 16.8 Å². The third kappa shape index (κ3) is 4.77. The minimum Gasteiger partial charge on any atom is -0.342 e. The molecule has 1 aromatic heterocycles. The quantitative estimate of drug-likeness (QED) is 0.775. The van der Waals surface area contributed by atoms with E-state index in [0.29, 0.717) is 25.6 Å². The van der Waals surface area contributed by atoms with Crippen molar-refractivity contribution >= 4 is 11.8 Å². The molecule has 7 heteroatoms. The zero-order valence-corrected chi connectivity index (χ0v) is 17.8. The first-order chi connectivity index (χ1) is 14.0. The van der Waals surface area contributed by atoms with Crippen molar-refractivity contribution in [1.29, 1.82) is 0 Å². The van der Waals surface area contributed by atoms with E-state index in [9.17, 15) is 9.59 Å². The molecule has 0 aromatic carbocycles. The third-order valence-corrected chi connectivity index (χ3v) is 6.64. The van der Waals surface area contributed by atoms with Crippen molar-refractivity contribution in [2.24, 2.45) is 5.92 Å². The molecular weight excluding hydrogens is 366 g/mol. The van der Waals surface area contributed by atoms with E-state index < -0.39 is 0 Å². The van der Waals surface area contributed by atoms with Crippen LogP contribution in [0.4, 0.5) is 0 Å². The summed E-state index contributed by atoms with van der Waals surface area (Å²) in [5.74, 6) is 2.11. The summed E-state index contributed by atoms with van der Waals surface area (Å²) in [6.45, 7) is 9.39. The molecule has 2 fully saturated rings. The lowest BCUT2D eigenvalue weighted by Gasteiger charge is -2.34. The zero-order chi connectivity index (χ0) is 20.4. The lowest BCUT2D eigenvalue weighted by Crippen LogP contribution is -2.45. The number of rotatable bonds is 3. The Morgan fingerprint density at radius 3 is 2.72 bits per heavy atom. The molecule has 0 bridgehead atoms. The van der Waals surface area contributed by atoms with Gasteiger partial charge in [0.25, 0.3) is 0 Å². The van der Waals surface area contributed by atoms with Gasteiger partial charge < -0.3 is 9.80 Å². The average Bonchev–Trinajstić information content (AvgIpc) is 2.73. The summed E-state index contributed by atoms with van der Waals surface area (Å²) in [4.78, 5) is 40.2. The van der Waals surface area contributed by atoms with Crippen LogP contribution in [0.3, 0.4) is 0 Å². The number of carbonyl (C=O) groups is 2. The van der Waals surface area contributed by atoms with Crippen molar-refractivity contribution in [1.82, 2.24) is 24.7 Å². The summed E-state index contributed by atoms with van der Waals surface area (Å²) < 4.78 is 0. The van der Waals surface area contributed by atoms with Crippen LogP contribution in [-0.2, 0) is 22.6 Å². The first kappa shape index (κ1) is 20.3. The van der Waals surface area contributed by atoms with E-state index in [-0.39, 0.29) is 17.7 Å². The first-order valence-electron chi connectivity index (χ1n) is 11.1. The summed E-state index contributed by atoms with van der Waals surface area (Å²) in [6, 6.07) is 0. The second-order valence-electron chi connectivity index (χ2n) is 9.05. The van der Waals surface area contributed by atoms with Crippen molar-refractivity contribution in [2.45, 2.75) is 58.4 Å². The summed E-state index contributed by atoms with van der Waals surface area (Å²) >= 11 is 0. The van der Waals surface area contributed by atoms with E-state index >= 15 is 0 Å². The van der Waals surface area contributed by atoms with Crippen molar-refractivity contribution in [3.05, 3.63) is 23.3 Å². The maximum Gasteiger partial charge on any atom is 0.237 e. The van der Waals surface area contributed by atoms with Crippen LogP contribution in [0.15, 0.2) is 6.20 Å². The normalized spacial score (nSPS) is 25.6. The van der Waals surface area contributed by atoms with Crippen molar-refractivity contribution in [2.75, 3.05) is 39.3 Å². The molecule has 0 spiro atoms. The Bertz CT molecular complexity index is 768.